The molecule has 0 spiro atoms. The number of benzene rings is 1. The van der Waals surface area contributed by atoms with E-state index in [0.717, 1.165) is 25.1 Å². The Hall–Kier alpha value is -2.77. The summed E-state index contributed by atoms with van der Waals surface area (Å²) in [5.74, 6) is 0.353. The van der Waals surface area contributed by atoms with Crippen molar-refractivity contribution in [3.05, 3.63) is 35.9 Å². The van der Waals surface area contributed by atoms with E-state index in [1.54, 1.807) is 12.1 Å². The van der Waals surface area contributed by atoms with Crippen LogP contribution in [0.3, 0.4) is 0 Å². The molecule has 0 aliphatic heterocycles. The van der Waals surface area contributed by atoms with Gasteiger partial charge in [0.2, 0.25) is 11.8 Å². The lowest BCUT2D eigenvalue weighted by molar-refractivity contribution is -0.121. The molecule has 1 atom stereocenters. The average Bonchev–Trinajstić information content (AvgIpc) is 2.67. The van der Waals surface area contributed by atoms with Crippen molar-refractivity contribution in [1.82, 2.24) is 10.3 Å². The smallest absolute Gasteiger partial charge is 0.220 e. The van der Waals surface area contributed by atoms with Crippen molar-refractivity contribution >= 4 is 17.6 Å². The zero-order valence-electron chi connectivity index (χ0n) is 16.9. The number of amidine groups is 1. The molecule has 0 aliphatic rings. The van der Waals surface area contributed by atoms with Gasteiger partial charge in [0.05, 0.1) is 0 Å². The Kier molecular flexibility index (Phi) is 11.1. The van der Waals surface area contributed by atoms with Crippen molar-refractivity contribution in [2.45, 2.75) is 45.4 Å². The minimum atomic E-state index is -0.440. The lowest BCUT2D eigenvalue weighted by Gasteiger charge is -2.23. The second-order valence-corrected chi connectivity index (χ2v) is 6.75. The molecule has 0 aromatic heterocycles. The quantitative estimate of drug-likeness (QED) is 0.208. The van der Waals surface area contributed by atoms with Crippen molar-refractivity contribution in [1.29, 1.82) is 5.53 Å². The predicted molar refractivity (Wildman–Crippen MR) is 110 cm³/mol. The van der Waals surface area contributed by atoms with Crippen molar-refractivity contribution in [3.63, 3.8) is 0 Å². The fourth-order valence-corrected chi connectivity index (χ4v) is 3.00. The molecule has 2 amide bonds. The van der Waals surface area contributed by atoms with Gasteiger partial charge in [0, 0.05) is 38.9 Å². The number of aliphatic imine (C=N–C) groups is 1. The van der Waals surface area contributed by atoms with Crippen LogP contribution in [0.5, 0.6) is 0 Å². The third kappa shape index (κ3) is 9.25. The molecule has 154 valence electrons. The molecule has 0 fully saturated rings. The van der Waals surface area contributed by atoms with Gasteiger partial charge in [-0.1, -0.05) is 42.5 Å². The van der Waals surface area contributed by atoms with E-state index >= 15 is 0 Å². The molecule has 1 aromatic rings. The topological polar surface area (TPSA) is 124 Å². The van der Waals surface area contributed by atoms with Crippen LogP contribution in [-0.2, 0) is 16.0 Å². The van der Waals surface area contributed by atoms with Gasteiger partial charge in [0.15, 0.2) is 0 Å². The minimum Gasteiger partial charge on any atom is -0.370 e. The Bertz CT molecular complexity index is 647. The summed E-state index contributed by atoms with van der Waals surface area (Å²) in [6.45, 7) is 2.78. The van der Waals surface area contributed by atoms with Gasteiger partial charge in [-0.3, -0.25) is 14.6 Å². The van der Waals surface area contributed by atoms with E-state index in [9.17, 15) is 9.59 Å². The Morgan fingerprint density at radius 1 is 1.21 bits per heavy atom. The SMILES string of the molecule is CN=C([C@H](C)CCCc1ccccc1)N(CCCC(=O)NCCC(N)=O)N=N. The molecule has 0 heterocycles. The Morgan fingerprint density at radius 2 is 1.93 bits per heavy atom. The lowest BCUT2D eigenvalue weighted by atomic mass is 9.99. The van der Waals surface area contributed by atoms with Crippen LogP contribution in [0.25, 0.3) is 0 Å². The Balaban J connectivity index is 2.38. The lowest BCUT2D eigenvalue weighted by Crippen LogP contribution is -2.33. The van der Waals surface area contributed by atoms with E-state index in [4.69, 9.17) is 11.3 Å². The normalized spacial score (nSPS) is 12.3. The van der Waals surface area contributed by atoms with Crippen LogP contribution in [-0.4, -0.2) is 42.8 Å². The number of nitrogens with one attached hydrogen (secondary N) is 2. The van der Waals surface area contributed by atoms with Crippen LogP contribution in [0, 0.1) is 11.4 Å². The van der Waals surface area contributed by atoms with Gasteiger partial charge in [0.1, 0.15) is 5.84 Å². The van der Waals surface area contributed by atoms with Gasteiger partial charge in [-0.25, -0.2) is 5.01 Å². The summed E-state index contributed by atoms with van der Waals surface area (Å²) < 4.78 is 0. The number of carbonyl (C=O) groups is 2. The molecule has 0 radical (unpaired) electrons. The van der Waals surface area contributed by atoms with Crippen LogP contribution in [0.1, 0.15) is 44.6 Å². The van der Waals surface area contributed by atoms with Crippen LogP contribution in [0.2, 0.25) is 0 Å². The molecule has 0 aliphatic carbocycles. The zero-order chi connectivity index (χ0) is 20.8. The first-order chi connectivity index (χ1) is 13.5. The number of rotatable bonds is 13. The van der Waals surface area contributed by atoms with Crippen molar-refractivity contribution in [3.8, 4) is 0 Å². The summed E-state index contributed by atoms with van der Waals surface area (Å²) in [6, 6.07) is 10.4. The highest BCUT2D eigenvalue weighted by atomic mass is 16.2. The standard InChI is InChI=1S/C20H32N6O2/c1-16(8-6-11-17-9-4-3-5-10-17)20(23-2)26(25-22)15-7-12-19(28)24-14-13-18(21)27/h3-5,9-10,16,22H,6-8,11-15H2,1-2H3,(H2,21,27)(H,24,28)/t16-/m1/s1. The molecule has 8 nitrogen and oxygen atoms in total. The molecule has 1 rings (SSSR count). The van der Waals surface area contributed by atoms with E-state index in [-0.39, 0.29) is 24.8 Å². The van der Waals surface area contributed by atoms with Gasteiger partial charge >= 0.3 is 0 Å². The summed E-state index contributed by atoms with van der Waals surface area (Å²) in [6.07, 6.45) is 3.95. The largest absolute Gasteiger partial charge is 0.370 e. The van der Waals surface area contributed by atoms with Gasteiger partial charge in [-0.15, -0.1) is 0 Å². The summed E-state index contributed by atoms with van der Waals surface area (Å²) >= 11 is 0. The van der Waals surface area contributed by atoms with E-state index in [1.165, 1.54) is 5.56 Å². The van der Waals surface area contributed by atoms with Crippen LogP contribution in [0.15, 0.2) is 40.5 Å². The highest BCUT2D eigenvalue weighted by molar-refractivity contribution is 5.84. The molecular weight excluding hydrogens is 356 g/mol. The number of nitrogens with zero attached hydrogens (tertiary/aromatic N) is 3. The van der Waals surface area contributed by atoms with E-state index in [1.807, 2.05) is 18.2 Å². The molecule has 0 unspecified atom stereocenters. The number of hydrogen-bond acceptors (Lipinski definition) is 5. The number of carbonyl (C=O) groups excluding carboxylic acids is 2. The third-order valence-electron chi connectivity index (χ3n) is 4.47. The van der Waals surface area contributed by atoms with E-state index < -0.39 is 5.91 Å². The molecule has 4 N–H and O–H groups in total. The number of amides is 2. The highest BCUT2D eigenvalue weighted by Crippen LogP contribution is 2.15. The maximum absolute atomic E-state index is 11.8. The maximum atomic E-state index is 11.8. The predicted octanol–water partition coefficient (Wildman–Crippen LogP) is 2.69. The number of hydrogen-bond donors (Lipinski definition) is 3. The maximum Gasteiger partial charge on any atom is 0.220 e. The zero-order valence-corrected chi connectivity index (χ0v) is 16.9. The second kappa shape index (κ2) is 13.4. The van der Waals surface area contributed by atoms with E-state index in [0.29, 0.717) is 19.4 Å². The molecule has 0 saturated heterocycles. The van der Waals surface area contributed by atoms with Gasteiger partial charge < -0.3 is 11.1 Å². The fourth-order valence-electron chi connectivity index (χ4n) is 3.00. The number of aryl methyl sites for hydroxylation is 1. The number of primary amides is 1. The Labute approximate surface area is 167 Å². The molecule has 0 saturated carbocycles. The van der Waals surface area contributed by atoms with Crippen LogP contribution >= 0.6 is 0 Å². The molecule has 28 heavy (non-hydrogen) atoms. The van der Waals surface area contributed by atoms with Crippen molar-refractivity contribution < 1.29 is 9.59 Å². The van der Waals surface area contributed by atoms with E-state index in [2.05, 4.69) is 34.6 Å². The Morgan fingerprint density at radius 3 is 2.54 bits per heavy atom. The fraction of sp³-hybridized carbons (Fsp3) is 0.550. The highest BCUT2D eigenvalue weighted by Gasteiger charge is 2.17. The monoisotopic (exact) mass is 388 g/mol. The summed E-state index contributed by atoms with van der Waals surface area (Å²) in [7, 11) is 1.71. The van der Waals surface area contributed by atoms with Crippen molar-refractivity contribution in [2.24, 2.45) is 21.9 Å². The average molecular weight is 389 g/mol. The van der Waals surface area contributed by atoms with Crippen LogP contribution in [0.4, 0.5) is 0 Å². The van der Waals surface area contributed by atoms with Gasteiger partial charge in [-0.2, -0.15) is 5.53 Å². The number of nitrogens with two attached hydrogens (primary N) is 1. The first-order valence-corrected chi connectivity index (χ1v) is 9.68. The third-order valence-corrected chi connectivity index (χ3v) is 4.47. The van der Waals surface area contributed by atoms with Crippen molar-refractivity contribution in [2.75, 3.05) is 20.1 Å². The molecule has 0 bridgehead atoms. The molecule has 8 heteroatoms. The molecule has 1 aromatic carbocycles. The first kappa shape index (κ1) is 23.3. The first-order valence-electron chi connectivity index (χ1n) is 9.68. The summed E-state index contributed by atoms with van der Waals surface area (Å²) in [5, 5.41) is 7.80. The summed E-state index contributed by atoms with van der Waals surface area (Å²) in [5.41, 5.74) is 13.8. The van der Waals surface area contributed by atoms with Gasteiger partial charge in [-0.05, 0) is 31.2 Å². The minimum absolute atomic E-state index is 0.132. The van der Waals surface area contributed by atoms with Gasteiger partial charge in [0.25, 0.3) is 0 Å². The molecular formula is C20H32N6O2. The summed E-state index contributed by atoms with van der Waals surface area (Å²) in [4.78, 5) is 26.8. The van der Waals surface area contributed by atoms with Crippen LogP contribution < -0.4 is 11.1 Å². The second-order valence-electron chi connectivity index (χ2n) is 6.75.